The number of carbonyl (C=O) groups is 1. The maximum atomic E-state index is 11.4. The molecule has 2 rings (SSSR count). The van der Waals surface area contributed by atoms with E-state index in [9.17, 15) is 4.79 Å². The van der Waals surface area contributed by atoms with Gasteiger partial charge in [-0.3, -0.25) is 0 Å². The third kappa shape index (κ3) is 2.04. The molecule has 0 N–H and O–H groups in total. The van der Waals surface area contributed by atoms with Crippen molar-refractivity contribution in [3.05, 3.63) is 46.3 Å². The molecule has 0 spiro atoms. The second-order valence-corrected chi connectivity index (χ2v) is 3.96. The van der Waals surface area contributed by atoms with Gasteiger partial charge in [-0.2, -0.15) is 0 Å². The maximum Gasteiger partial charge on any atom is 0.337 e. The van der Waals surface area contributed by atoms with E-state index in [0.29, 0.717) is 5.56 Å². The fourth-order valence-corrected chi connectivity index (χ4v) is 1.79. The van der Waals surface area contributed by atoms with Gasteiger partial charge in [0.25, 0.3) is 6.29 Å². The number of halogens is 1. The van der Waals surface area contributed by atoms with Crippen LogP contribution in [0, 0.1) is 0 Å². The monoisotopic (exact) mass is 284 g/mol. The van der Waals surface area contributed by atoms with Crippen molar-refractivity contribution in [1.82, 2.24) is 0 Å². The van der Waals surface area contributed by atoms with Crippen LogP contribution in [0.1, 0.15) is 22.2 Å². The lowest BCUT2D eigenvalue weighted by molar-refractivity contribution is -0.0251. The van der Waals surface area contributed by atoms with Crippen LogP contribution in [0.5, 0.6) is 0 Å². The molecule has 0 aromatic heterocycles. The zero-order valence-electron chi connectivity index (χ0n) is 8.48. The summed E-state index contributed by atoms with van der Waals surface area (Å²) in [6.45, 7) is 0. The summed E-state index contributed by atoms with van der Waals surface area (Å²) in [5.41, 5.74) is 1.20. The summed E-state index contributed by atoms with van der Waals surface area (Å²) in [4.78, 5) is 11.4. The highest BCUT2D eigenvalue weighted by atomic mass is 79.9. The van der Waals surface area contributed by atoms with Gasteiger partial charge in [-0.1, -0.05) is 15.9 Å². The van der Waals surface area contributed by atoms with Gasteiger partial charge >= 0.3 is 5.97 Å². The Hall–Kier alpha value is -1.49. The molecule has 0 radical (unpaired) electrons. The van der Waals surface area contributed by atoms with E-state index in [1.807, 2.05) is 0 Å². The molecule has 1 aliphatic heterocycles. The largest absolute Gasteiger partial charge is 0.465 e. The van der Waals surface area contributed by atoms with Gasteiger partial charge in [0.1, 0.15) is 12.5 Å². The number of carbonyl (C=O) groups excluding carboxylic acids is 1. The van der Waals surface area contributed by atoms with Gasteiger partial charge in [0, 0.05) is 10.0 Å². The highest BCUT2D eigenvalue weighted by molar-refractivity contribution is 9.10. The molecule has 0 unspecified atom stereocenters. The van der Waals surface area contributed by atoms with Crippen molar-refractivity contribution in [3.63, 3.8) is 0 Å². The lowest BCUT2D eigenvalue weighted by Crippen LogP contribution is -2.05. The normalized spacial score (nSPS) is 14.4. The number of hydrogen-bond donors (Lipinski definition) is 0. The van der Waals surface area contributed by atoms with E-state index in [-0.39, 0.29) is 5.97 Å². The summed E-state index contributed by atoms with van der Waals surface area (Å²) in [6, 6.07) is 5.10. The van der Waals surface area contributed by atoms with Crippen LogP contribution in [0.3, 0.4) is 0 Å². The van der Waals surface area contributed by atoms with Gasteiger partial charge in [-0.05, 0) is 18.2 Å². The first-order valence-corrected chi connectivity index (χ1v) is 5.35. The van der Waals surface area contributed by atoms with Crippen LogP contribution in [0.4, 0.5) is 0 Å². The number of rotatable bonds is 2. The van der Waals surface area contributed by atoms with Crippen molar-refractivity contribution in [2.75, 3.05) is 7.11 Å². The molecule has 16 heavy (non-hydrogen) atoms. The number of hydrogen-bond acceptors (Lipinski definition) is 4. The summed E-state index contributed by atoms with van der Waals surface area (Å²) >= 11 is 3.37. The van der Waals surface area contributed by atoms with E-state index in [0.717, 1.165) is 10.0 Å². The Balaban J connectivity index is 2.32. The van der Waals surface area contributed by atoms with Crippen LogP contribution in [-0.2, 0) is 14.2 Å². The number of esters is 1. The van der Waals surface area contributed by atoms with Gasteiger partial charge < -0.3 is 14.2 Å². The number of benzene rings is 1. The van der Waals surface area contributed by atoms with Crippen LogP contribution in [-0.4, -0.2) is 13.1 Å². The van der Waals surface area contributed by atoms with Crippen molar-refractivity contribution in [2.45, 2.75) is 6.29 Å². The molecule has 1 heterocycles. The maximum absolute atomic E-state index is 11.4. The SMILES string of the molecule is COC(=O)c1ccc(Br)c(C2OC=CO2)c1. The summed E-state index contributed by atoms with van der Waals surface area (Å²) in [6.07, 6.45) is 2.41. The van der Waals surface area contributed by atoms with E-state index >= 15 is 0 Å². The van der Waals surface area contributed by atoms with Crippen molar-refractivity contribution in [2.24, 2.45) is 0 Å². The molecule has 0 atom stereocenters. The highest BCUT2D eigenvalue weighted by Gasteiger charge is 2.20. The lowest BCUT2D eigenvalue weighted by atomic mass is 10.1. The minimum atomic E-state index is -0.515. The molecule has 4 nitrogen and oxygen atoms in total. The zero-order valence-corrected chi connectivity index (χ0v) is 10.1. The van der Waals surface area contributed by atoms with Crippen LogP contribution in [0.15, 0.2) is 35.2 Å². The highest BCUT2D eigenvalue weighted by Crippen LogP contribution is 2.31. The molecule has 84 valence electrons. The predicted octanol–water partition coefficient (Wildman–Crippen LogP) is 2.75. The molecule has 0 saturated heterocycles. The van der Waals surface area contributed by atoms with Gasteiger partial charge in [0.05, 0.1) is 12.7 Å². The average molecular weight is 285 g/mol. The van der Waals surface area contributed by atoms with E-state index in [1.165, 1.54) is 19.6 Å². The van der Waals surface area contributed by atoms with Gasteiger partial charge in [-0.15, -0.1) is 0 Å². The second kappa shape index (κ2) is 4.57. The van der Waals surface area contributed by atoms with E-state index in [2.05, 4.69) is 20.7 Å². The van der Waals surface area contributed by atoms with Crippen molar-refractivity contribution in [1.29, 1.82) is 0 Å². The molecular weight excluding hydrogens is 276 g/mol. The Morgan fingerprint density at radius 3 is 2.69 bits per heavy atom. The first-order valence-electron chi connectivity index (χ1n) is 4.56. The fourth-order valence-electron chi connectivity index (χ4n) is 1.35. The Labute approximate surface area is 101 Å². The molecule has 5 heteroatoms. The molecule has 0 fully saturated rings. The molecule has 0 saturated carbocycles. The minimum absolute atomic E-state index is 0.389. The molecular formula is C11H9BrO4. The Morgan fingerprint density at radius 1 is 1.38 bits per heavy atom. The Kier molecular flexibility index (Phi) is 3.14. The number of ether oxygens (including phenoxy) is 3. The van der Waals surface area contributed by atoms with Crippen LogP contribution in [0.25, 0.3) is 0 Å². The Bertz CT molecular complexity index is 434. The van der Waals surface area contributed by atoms with E-state index in [4.69, 9.17) is 9.47 Å². The lowest BCUT2D eigenvalue weighted by Gasteiger charge is -2.13. The molecule has 0 bridgehead atoms. The quantitative estimate of drug-likeness (QED) is 0.784. The smallest absolute Gasteiger partial charge is 0.337 e. The third-order valence-corrected chi connectivity index (χ3v) is 2.85. The van der Waals surface area contributed by atoms with Gasteiger partial charge in [-0.25, -0.2) is 4.79 Å². The van der Waals surface area contributed by atoms with Gasteiger partial charge in [0.15, 0.2) is 0 Å². The van der Waals surface area contributed by atoms with Crippen LogP contribution in [0.2, 0.25) is 0 Å². The Morgan fingerprint density at radius 2 is 2.06 bits per heavy atom. The topological polar surface area (TPSA) is 44.8 Å². The van der Waals surface area contributed by atoms with Crippen molar-refractivity contribution in [3.8, 4) is 0 Å². The molecule has 1 aromatic carbocycles. The van der Waals surface area contributed by atoms with Crippen molar-refractivity contribution < 1.29 is 19.0 Å². The zero-order chi connectivity index (χ0) is 11.5. The molecule has 0 aliphatic carbocycles. The van der Waals surface area contributed by atoms with E-state index < -0.39 is 6.29 Å². The first kappa shape index (κ1) is 11.0. The van der Waals surface area contributed by atoms with Crippen LogP contribution < -0.4 is 0 Å². The first-order chi connectivity index (χ1) is 7.72. The van der Waals surface area contributed by atoms with Crippen molar-refractivity contribution >= 4 is 21.9 Å². The third-order valence-electron chi connectivity index (χ3n) is 2.13. The average Bonchev–Trinajstić information content (AvgIpc) is 2.82. The summed E-state index contributed by atoms with van der Waals surface area (Å²) in [5.74, 6) is -0.389. The van der Waals surface area contributed by atoms with E-state index in [1.54, 1.807) is 18.2 Å². The standard InChI is InChI=1S/C11H9BrO4/c1-14-10(13)7-2-3-9(12)8(6-7)11-15-4-5-16-11/h2-6,11H,1H3. The second-order valence-electron chi connectivity index (χ2n) is 3.10. The summed E-state index contributed by atoms with van der Waals surface area (Å²) in [5, 5.41) is 0. The fraction of sp³-hybridized carbons (Fsp3) is 0.182. The minimum Gasteiger partial charge on any atom is -0.465 e. The molecule has 1 aromatic rings. The number of methoxy groups -OCH3 is 1. The molecule has 1 aliphatic rings. The van der Waals surface area contributed by atoms with Gasteiger partial charge in [0.2, 0.25) is 0 Å². The predicted molar refractivity (Wildman–Crippen MR) is 59.5 cm³/mol. The van der Waals surface area contributed by atoms with Crippen LogP contribution >= 0.6 is 15.9 Å². The molecule has 0 amide bonds. The summed E-state index contributed by atoms with van der Waals surface area (Å²) in [7, 11) is 1.34. The summed E-state index contributed by atoms with van der Waals surface area (Å²) < 4.78 is 15.9.